The minimum absolute atomic E-state index is 0.671. The average molecular weight is 656 g/mol. The summed E-state index contributed by atoms with van der Waals surface area (Å²) in [6, 6.07) is 55.7. The Morgan fingerprint density at radius 1 is 0.510 bits per heavy atom. The second-order valence-corrected chi connectivity index (χ2v) is 13.0. The third kappa shape index (κ3) is 4.52. The molecule has 2 N–H and O–H groups in total. The lowest BCUT2D eigenvalue weighted by Gasteiger charge is -2.10. The highest BCUT2D eigenvalue weighted by molar-refractivity contribution is 6.26. The van der Waals surface area contributed by atoms with E-state index in [2.05, 4.69) is 178 Å². The van der Waals surface area contributed by atoms with Crippen molar-refractivity contribution in [2.45, 2.75) is 6.42 Å². The molecule has 0 saturated carbocycles. The second kappa shape index (κ2) is 11.6. The van der Waals surface area contributed by atoms with Crippen molar-refractivity contribution in [2.75, 3.05) is 0 Å². The Balaban J connectivity index is 1.08. The molecule has 4 heterocycles. The van der Waals surface area contributed by atoms with Crippen molar-refractivity contribution >= 4 is 71.2 Å². The van der Waals surface area contributed by atoms with Gasteiger partial charge in [0.05, 0.1) is 33.1 Å². The first-order valence-electron chi connectivity index (χ1n) is 17.3. The number of nitrogens with two attached hydrogens (primary N) is 1. The molecule has 0 aliphatic carbocycles. The molecule has 0 aliphatic rings. The normalized spacial score (nSPS) is 12.5. The van der Waals surface area contributed by atoms with Crippen LogP contribution in [0.15, 0.2) is 176 Å². The Hall–Kier alpha value is -6.85. The van der Waals surface area contributed by atoms with Gasteiger partial charge in [0.15, 0.2) is 0 Å². The quantitative estimate of drug-likeness (QED) is 0.181. The van der Waals surface area contributed by atoms with Crippen LogP contribution in [0, 0.1) is 0 Å². The highest BCUT2D eigenvalue weighted by Gasteiger charge is 2.21. The van der Waals surface area contributed by atoms with Gasteiger partial charge >= 0.3 is 0 Å². The van der Waals surface area contributed by atoms with Gasteiger partial charge < -0.3 is 10.3 Å². The number of fused-ring (bicyclic) bond motifs is 10. The fraction of sp³-hybridized carbons (Fsp3) is 0.0217. The lowest BCUT2D eigenvalue weighted by atomic mass is 10.1. The van der Waals surface area contributed by atoms with E-state index in [9.17, 15) is 0 Å². The molecule has 10 rings (SSSR count). The summed E-state index contributed by atoms with van der Waals surface area (Å²) in [6.07, 6.45) is 6.82. The van der Waals surface area contributed by atoms with Crippen LogP contribution in [0.4, 0.5) is 0 Å². The lowest BCUT2D eigenvalue weighted by Crippen LogP contribution is -2.05. The molecule has 0 bridgehead atoms. The fourth-order valence-corrected chi connectivity index (χ4v) is 7.94. The van der Waals surface area contributed by atoms with Crippen LogP contribution in [-0.4, -0.2) is 18.7 Å². The maximum absolute atomic E-state index is 6.72. The molecule has 0 amide bonds. The standard InChI is InChI=1S/C46H33N5/c47-43(50-38-23-9-5-19-33(38)34-20-6-10-24-39(34)50)27-13-4-15-31-16-14-28-44(48-31)51-40-25-11-7-21-35(40)36-29-30-42-45(46(36)51)37-22-8-12-26-41(37)49(42)32-17-2-1-3-18-32/h1-14,16-30H,15,47H2/b13-4-,43-27+. The third-order valence-electron chi connectivity index (χ3n) is 10.1. The Labute approximate surface area is 294 Å². The number of aromatic nitrogens is 4. The molecule has 0 saturated heterocycles. The van der Waals surface area contributed by atoms with Gasteiger partial charge in [-0.3, -0.25) is 9.13 Å². The maximum atomic E-state index is 6.72. The number of allylic oxidation sites excluding steroid dienone is 3. The summed E-state index contributed by atoms with van der Waals surface area (Å²) in [5, 5.41) is 7.26. The van der Waals surface area contributed by atoms with Crippen molar-refractivity contribution in [3.63, 3.8) is 0 Å². The topological polar surface area (TPSA) is 53.7 Å². The van der Waals surface area contributed by atoms with E-state index in [4.69, 9.17) is 10.7 Å². The summed E-state index contributed by atoms with van der Waals surface area (Å²) >= 11 is 0. The van der Waals surface area contributed by atoms with Gasteiger partial charge in [0.1, 0.15) is 11.6 Å². The Bertz CT molecular complexity index is 2950. The number of rotatable bonds is 6. The van der Waals surface area contributed by atoms with E-state index in [1.54, 1.807) is 0 Å². The molecule has 0 fully saturated rings. The summed E-state index contributed by atoms with van der Waals surface area (Å²) in [7, 11) is 0. The largest absolute Gasteiger partial charge is 0.385 e. The van der Waals surface area contributed by atoms with Gasteiger partial charge in [0, 0.05) is 50.1 Å². The van der Waals surface area contributed by atoms with E-state index in [0.29, 0.717) is 12.2 Å². The van der Waals surface area contributed by atoms with Gasteiger partial charge in [-0.15, -0.1) is 0 Å². The zero-order valence-electron chi connectivity index (χ0n) is 27.8. The zero-order chi connectivity index (χ0) is 33.9. The smallest absolute Gasteiger partial charge is 0.137 e. The Morgan fingerprint density at radius 3 is 1.80 bits per heavy atom. The third-order valence-corrected chi connectivity index (χ3v) is 10.1. The molecule has 0 atom stereocenters. The first-order chi connectivity index (χ1) is 25.3. The molecule has 0 unspecified atom stereocenters. The summed E-state index contributed by atoms with van der Waals surface area (Å²) in [4.78, 5) is 5.26. The molecular weight excluding hydrogens is 623 g/mol. The van der Waals surface area contributed by atoms with E-state index in [0.717, 1.165) is 33.7 Å². The van der Waals surface area contributed by atoms with E-state index in [1.165, 1.54) is 48.9 Å². The summed E-state index contributed by atoms with van der Waals surface area (Å²) in [5.74, 6) is 1.57. The van der Waals surface area contributed by atoms with Gasteiger partial charge in [-0.05, 0) is 60.7 Å². The van der Waals surface area contributed by atoms with Crippen LogP contribution < -0.4 is 5.73 Å². The number of pyridine rings is 1. The minimum atomic E-state index is 0.671. The predicted octanol–water partition coefficient (Wildman–Crippen LogP) is 10.9. The van der Waals surface area contributed by atoms with Crippen LogP contribution in [0.3, 0.4) is 0 Å². The van der Waals surface area contributed by atoms with Crippen molar-refractivity contribution in [1.82, 2.24) is 18.7 Å². The van der Waals surface area contributed by atoms with E-state index < -0.39 is 0 Å². The van der Waals surface area contributed by atoms with Gasteiger partial charge in [0.25, 0.3) is 0 Å². The molecule has 51 heavy (non-hydrogen) atoms. The molecule has 4 aromatic heterocycles. The molecule has 0 spiro atoms. The van der Waals surface area contributed by atoms with E-state index >= 15 is 0 Å². The number of hydrogen-bond acceptors (Lipinski definition) is 2. The van der Waals surface area contributed by atoms with E-state index in [-0.39, 0.29) is 0 Å². The molecule has 10 aromatic rings. The van der Waals surface area contributed by atoms with Gasteiger partial charge in [0.2, 0.25) is 0 Å². The molecule has 0 radical (unpaired) electrons. The predicted molar refractivity (Wildman–Crippen MR) is 214 cm³/mol. The van der Waals surface area contributed by atoms with Crippen molar-refractivity contribution in [3.05, 3.63) is 182 Å². The first kappa shape index (κ1) is 29.1. The van der Waals surface area contributed by atoms with Crippen LogP contribution >= 0.6 is 0 Å². The number of para-hydroxylation sites is 5. The van der Waals surface area contributed by atoms with Crippen molar-refractivity contribution in [2.24, 2.45) is 5.73 Å². The second-order valence-electron chi connectivity index (χ2n) is 13.0. The monoisotopic (exact) mass is 655 g/mol. The van der Waals surface area contributed by atoms with Crippen LogP contribution in [0.2, 0.25) is 0 Å². The van der Waals surface area contributed by atoms with Crippen LogP contribution in [0.25, 0.3) is 82.7 Å². The SMILES string of the molecule is N/C(=C\C=C/Cc1cccc(-n2c3ccccc3c3ccc4c(c5ccccc5n4-c4ccccc4)c32)n1)n1c2ccccc2c2ccccc21. The lowest BCUT2D eigenvalue weighted by molar-refractivity contribution is 1.02. The Morgan fingerprint density at radius 2 is 1.10 bits per heavy atom. The molecule has 5 nitrogen and oxygen atoms in total. The summed E-state index contributed by atoms with van der Waals surface area (Å²) in [6.45, 7) is 0. The number of hydrogen-bond donors (Lipinski definition) is 1. The molecule has 242 valence electrons. The molecule has 5 heteroatoms. The molecular formula is C46H33N5. The van der Waals surface area contributed by atoms with Crippen LogP contribution in [0.1, 0.15) is 5.69 Å². The average Bonchev–Trinajstić information content (AvgIpc) is 3.83. The minimum Gasteiger partial charge on any atom is -0.385 e. The summed E-state index contributed by atoms with van der Waals surface area (Å²) in [5.41, 5.74) is 15.7. The molecule has 6 aromatic carbocycles. The Kier molecular flexibility index (Phi) is 6.64. The maximum Gasteiger partial charge on any atom is 0.137 e. The van der Waals surface area contributed by atoms with Crippen LogP contribution in [0.5, 0.6) is 0 Å². The van der Waals surface area contributed by atoms with Crippen molar-refractivity contribution in [3.8, 4) is 11.5 Å². The van der Waals surface area contributed by atoms with Crippen LogP contribution in [-0.2, 0) is 6.42 Å². The van der Waals surface area contributed by atoms with Gasteiger partial charge in [-0.25, -0.2) is 4.98 Å². The number of nitrogens with zero attached hydrogens (tertiary/aromatic N) is 4. The first-order valence-corrected chi connectivity index (χ1v) is 17.3. The fourth-order valence-electron chi connectivity index (χ4n) is 7.94. The zero-order valence-corrected chi connectivity index (χ0v) is 27.8. The molecule has 0 aliphatic heterocycles. The van der Waals surface area contributed by atoms with Crippen molar-refractivity contribution in [1.29, 1.82) is 0 Å². The highest BCUT2D eigenvalue weighted by Crippen LogP contribution is 2.41. The van der Waals surface area contributed by atoms with Gasteiger partial charge in [-0.2, -0.15) is 0 Å². The van der Waals surface area contributed by atoms with Crippen molar-refractivity contribution < 1.29 is 0 Å². The van der Waals surface area contributed by atoms with Gasteiger partial charge in [-0.1, -0.05) is 115 Å². The highest BCUT2D eigenvalue weighted by atomic mass is 15.1. The van der Waals surface area contributed by atoms with E-state index in [1.807, 2.05) is 12.2 Å². The summed E-state index contributed by atoms with van der Waals surface area (Å²) < 4.78 is 6.85. The number of benzene rings is 6.